The van der Waals surface area contributed by atoms with E-state index in [4.69, 9.17) is 4.74 Å². The first-order valence-corrected chi connectivity index (χ1v) is 11.1. The Labute approximate surface area is 182 Å². The fourth-order valence-electron chi connectivity index (χ4n) is 5.32. The van der Waals surface area contributed by atoms with Gasteiger partial charge in [0.1, 0.15) is 0 Å². The van der Waals surface area contributed by atoms with E-state index in [1.54, 1.807) is 19.4 Å². The molecule has 1 atom stereocenters. The summed E-state index contributed by atoms with van der Waals surface area (Å²) in [5.74, 6) is 1.49. The van der Waals surface area contributed by atoms with Crippen molar-refractivity contribution in [3.63, 3.8) is 0 Å². The van der Waals surface area contributed by atoms with Crippen LogP contribution in [-0.2, 0) is 9.53 Å². The minimum atomic E-state index is -0.569. The third-order valence-corrected chi connectivity index (χ3v) is 7.01. The Balaban J connectivity index is 1.49. The molecule has 2 N–H and O–H groups in total. The molecule has 2 saturated heterocycles. The molecular weight excluding hydrogens is 400 g/mol. The summed E-state index contributed by atoms with van der Waals surface area (Å²) in [6, 6.07) is 1.97. The number of amides is 2. The maximum Gasteiger partial charge on any atom is 0.411 e. The fraction of sp³-hybridized carbons (Fsp3) is 0.682. The highest BCUT2D eigenvalue weighted by molar-refractivity contribution is 5.87. The van der Waals surface area contributed by atoms with Crippen molar-refractivity contribution in [3.8, 4) is 5.75 Å². The van der Waals surface area contributed by atoms with Crippen LogP contribution in [0.3, 0.4) is 0 Å². The van der Waals surface area contributed by atoms with Gasteiger partial charge in [0.15, 0.2) is 11.6 Å². The molecule has 170 valence electrons. The van der Waals surface area contributed by atoms with Crippen molar-refractivity contribution in [2.45, 2.75) is 57.1 Å². The van der Waals surface area contributed by atoms with Gasteiger partial charge in [-0.3, -0.25) is 10.1 Å². The molecule has 1 spiro atoms. The standard InChI is InChI=1S/C22H32N4O5/c1-30-18-12-15(24-21(29)31-2)13-23-19(18)25-10-3-8-22(14-25)9-11-26(20(22)28)16-4-6-17(27)7-5-16/h12-13,16-17,27H,3-11,14H2,1-2H3,(H,24,29)/t16-,17+,22-/m0/s1. The SMILES string of the molecule is COC(=O)Nc1cnc(N2CCC[C@]3(CCN([C@H]4CC[C@@H](O)CC4)C3=O)C2)c(OC)c1. The van der Waals surface area contributed by atoms with E-state index in [9.17, 15) is 14.7 Å². The number of nitrogens with one attached hydrogen (secondary N) is 1. The number of nitrogens with zero attached hydrogens (tertiary/aromatic N) is 3. The molecule has 0 radical (unpaired) electrons. The monoisotopic (exact) mass is 432 g/mol. The quantitative estimate of drug-likeness (QED) is 0.753. The number of hydrogen-bond acceptors (Lipinski definition) is 7. The van der Waals surface area contributed by atoms with Crippen LogP contribution in [0.5, 0.6) is 5.75 Å². The highest BCUT2D eigenvalue weighted by atomic mass is 16.5. The maximum atomic E-state index is 13.5. The van der Waals surface area contributed by atoms with Gasteiger partial charge < -0.3 is 24.4 Å². The Bertz CT molecular complexity index is 826. The molecule has 0 aromatic carbocycles. The second-order valence-corrected chi connectivity index (χ2v) is 8.88. The van der Waals surface area contributed by atoms with E-state index in [2.05, 4.69) is 24.8 Å². The Kier molecular flexibility index (Phi) is 6.22. The van der Waals surface area contributed by atoms with Gasteiger partial charge in [-0.25, -0.2) is 9.78 Å². The Hall–Kier alpha value is -2.55. The van der Waals surface area contributed by atoms with E-state index in [-0.39, 0.29) is 23.5 Å². The van der Waals surface area contributed by atoms with Crippen molar-refractivity contribution < 1.29 is 24.2 Å². The summed E-state index contributed by atoms with van der Waals surface area (Å²) >= 11 is 0. The van der Waals surface area contributed by atoms with Gasteiger partial charge in [-0.15, -0.1) is 0 Å². The zero-order chi connectivity index (χ0) is 22.0. The van der Waals surface area contributed by atoms with Crippen LogP contribution in [0.2, 0.25) is 0 Å². The molecule has 9 nitrogen and oxygen atoms in total. The van der Waals surface area contributed by atoms with Crippen LogP contribution < -0.4 is 15.0 Å². The van der Waals surface area contributed by atoms with Gasteiger partial charge in [0.05, 0.1) is 37.6 Å². The van der Waals surface area contributed by atoms with E-state index in [1.807, 2.05) is 0 Å². The van der Waals surface area contributed by atoms with Gasteiger partial charge in [-0.1, -0.05) is 0 Å². The molecule has 1 aliphatic carbocycles. The second kappa shape index (κ2) is 8.90. The number of aliphatic hydroxyl groups excluding tert-OH is 1. The highest BCUT2D eigenvalue weighted by Gasteiger charge is 2.51. The number of ether oxygens (including phenoxy) is 2. The molecule has 9 heteroatoms. The van der Waals surface area contributed by atoms with Crippen molar-refractivity contribution in [1.29, 1.82) is 0 Å². The van der Waals surface area contributed by atoms with Gasteiger partial charge in [0.25, 0.3) is 0 Å². The zero-order valence-corrected chi connectivity index (χ0v) is 18.3. The average molecular weight is 433 g/mol. The summed E-state index contributed by atoms with van der Waals surface area (Å²) < 4.78 is 10.2. The van der Waals surface area contributed by atoms with Crippen LogP contribution in [0.1, 0.15) is 44.9 Å². The molecule has 3 aliphatic rings. The van der Waals surface area contributed by atoms with Crippen molar-refractivity contribution in [2.24, 2.45) is 5.41 Å². The summed E-state index contributed by atoms with van der Waals surface area (Å²) in [7, 11) is 2.88. The third kappa shape index (κ3) is 4.28. The minimum Gasteiger partial charge on any atom is -0.493 e. The normalized spacial score (nSPS) is 28.7. The highest BCUT2D eigenvalue weighted by Crippen LogP contribution is 2.44. The third-order valence-electron chi connectivity index (χ3n) is 7.01. The van der Waals surface area contributed by atoms with Crippen LogP contribution in [0.15, 0.2) is 12.3 Å². The van der Waals surface area contributed by atoms with Crippen molar-refractivity contribution in [1.82, 2.24) is 9.88 Å². The zero-order valence-electron chi connectivity index (χ0n) is 18.3. The predicted octanol–water partition coefficient (Wildman–Crippen LogP) is 2.39. The lowest BCUT2D eigenvalue weighted by Gasteiger charge is -2.41. The number of hydrogen-bond donors (Lipinski definition) is 2. The molecule has 2 amide bonds. The lowest BCUT2D eigenvalue weighted by atomic mass is 9.78. The predicted molar refractivity (Wildman–Crippen MR) is 115 cm³/mol. The van der Waals surface area contributed by atoms with Gasteiger partial charge in [0, 0.05) is 31.7 Å². The minimum absolute atomic E-state index is 0.219. The number of aromatic nitrogens is 1. The number of anilines is 2. The smallest absolute Gasteiger partial charge is 0.411 e. The molecule has 3 heterocycles. The Morgan fingerprint density at radius 2 is 2.00 bits per heavy atom. The lowest BCUT2D eigenvalue weighted by Crippen LogP contribution is -2.50. The lowest BCUT2D eigenvalue weighted by molar-refractivity contribution is -0.139. The molecular formula is C22H32N4O5. The summed E-state index contributed by atoms with van der Waals surface area (Å²) in [6.45, 7) is 2.21. The maximum absolute atomic E-state index is 13.5. The molecule has 4 rings (SSSR count). The summed E-state index contributed by atoms with van der Waals surface area (Å²) in [4.78, 5) is 33.8. The van der Waals surface area contributed by atoms with E-state index in [0.29, 0.717) is 23.8 Å². The van der Waals surface area contributed by atoms with Crippen molar-refractivity contribution in [2.75, 3.05) is 44.1 Å². The number of likely N-dealkylation sites (tertiary alicyclic amines) is 1. The molecule has 1 aromatic heterocycles. The van der Waals surface area contributed by atoms with E-state index in [1.165, 1.54) is 7.11 Å². The second-order valence-electron chi connectivity index (χ2n) is 8.88. The van der Waals surface area contributed by atoms with Crippen LogP contribution >= 0.6 is 0 Å². The summed E-state index contributed by atoms with van der Waals surface area (Å²) in [6.07, 6.45) is 6.77. The Morgan fingerprint density at radius 1 is 1.23 bits per heavy atom. The van der Waals surface area contributed by atoms with Crippen LogP contribution in [0.25, 0.3) is 0 Å². The number of rotatable bonds is 4. The summed E-state index contributed by atoms with van der Waals surface area (Å²) in [5, 5.41) is 12.4. The number of aliphatic hydroxyl groups is 1. The van der Waals surface area contributed by atoms with Crippen LogP contribution in [0.4, 0.5) is 16.3 Å². The molecule has 31 heavy (non-hydrogen) atoms. The fourth-order valence-corrected chi connectivity index (χ4v) is 5.32. The largest absolute Gasteiger partial charge is 0.493 e. The Morgan fingerprint density at radius 3 is 2.71 bits per heavy atom. The first-order chi connectivity index (χ1) is 15.0. The molecule has 2 aliphatic heterocycles. The molecule has 1 saturated carbocycles. The van der Waals surface area contributed by atoms with Crippen LogP contribution in [-0.4, -0.2) is 73.0 Å². The number of pyridine rings is 1. The number of carbonyl (C=O) groups is 2. The first kappa shape index (κ1) is 21.7. The van der Waals surface area contributed by atoms with Gasteiger partial charge >= 0.3 is 6.09 Å². The first-order valence-electron chi connectivity index (χ1n) is 11.1. The molecule has 0 bridgehead atoms. The number of carbonyl (C=O) groups excluding carboxylic acids is 2. The molecule has 0 unspecified atom stereocenters. The van der Waals surface area contributed by atoms with Gasteiger partial charge in [-0.2, -0.15) is 0 Å². The van der Waals surface area contributed by atoms with E-state index >= 15 is 0 Å². The topological polar surface area (TPSA) is 104 Å². The molecule has 3 fully saturated rings. The number of piperidine rings is 1. The van der Waals surface area contributed by atoms with Gasteiger partial charge in [-0.05, 0) is 44.9 Å². The van der Waals surface area contributed by atoms with Gasteiger partial charge in [0.2, 0.25) is 5.91 Å². The van der Waals surface area contributed by atoms with E-state index in [0.717, 1.165) is 58.0 Å². The van der Waals surface area contributed by atoms with Crippen molar-refractivity contribution >= 4 is 23.5 Å². The van der Waals surface area contributed by atoms with Crippen molar-refractivity contribution in [3.05, 3.63) is 12.3 Å². The van der Waals surface area contributed by atoms with E-state index < -0.39 is 6.09 Å². The number of methoxy groups -OCH3 is 2. The molecule has 1 aromatic rings. The summed E-state index contributed by atoms with van der Waals surface area (Å²) in [5.41, 5.74) is 0.103. The average Bonchev–Trinajstić information content (AvgIpc) is 3.09. The van der Waals surface area contributed by atoms with Crippen LogP contribution in [0, 0.1) is 5.41 Å².